The first-order chi connectivity index (χ1) is 10.8. The summed E-state index contributed by atoms with van der Waals surface area (Å²) < 4.78 is 5.50. The fourth-order valence-electron chi connectivity index (χ4n) is 3.03. The summed E-state index contributed by atoms with van der Waals surface area (Å²) >= 11 is 0. The lowest BCUT2D eigenvalue weighted by molar-refractivity contribution is -0.00403. The Morgan fingerprint density at radius 2 is 1.96 bits per heavy atom. The molecule has 0 unspecified atom stereocenters. The number of nitrogens with zero attached hydrogens (tertiary/aromatic N) is 2. The Hall–Kier alpha value is -1.59. The lowest BCUT2D eigenvalue weighted by Gasteiger charge is -2.43. The monoisotopic (exact) mass is 319 g/mol. The maximum Gasteiger partial charge on any atom is 0.410 e. The highest BCUT2D eigenvalue weighted by Crippen LogP contribution is 2.24. The molecule has 1 fully saturated rings. The van der Waals surface area contributed by atoms with Crippen LogP contribution in [0, 0.1) is 0 Å². The predicted molar refractivity (Wildman–Crippen MR) is 92.2 cm³/mol. The smallest absolute Gasteiger partial charge is 0.410 e. The van der Waals surface area contributed by atoms with Crippen LogP contribution in [0.3, 0.4) is 0 Å². The van der Waals surface area contributed by atoms with E-state index in [1.54, 1.807) is 0 Å². The van der Waals surface area contributed by atoms with Crippen LogP contribution in [0.4, 0.5) is 4.79 Å². The van der Waals surface area contributed by atoms with Gasteiger partial charge in [0.2, 0.25) is 0 Å². The number of benzene rings is 1. The molecule has 5 nitrogen and oxygen atoms in total. The summed E-state index contributed by atoms with van der Waals surface area (Å²) in [5.74, 6) is 0. The van der Waals surface area contributed by atoms with Gasteiger partial charge in [0.25, 0.3) is 0 Å². The van der Waals surface area contributed by atoms with Crippen LogP contribution in [-0.4, -0.2) is 53.7 Å². The van der Waals surface area contributed by atoms with Gasteiger partial charge in [-0.3, -0.25) is 4.90 Å². The van der Waals surface area contributed by atoms with Crippen LogP contribution in [0.15, 0.2) is 30.3 Å². The molecular formula is C18H29N3O2. The molecule has 1 aliphatic heterocycles. The second-order valence-electron chi connectivity index (χ2n) is 7.18. The molecule has 0 aliphatic carbocycles. The minimum atomic E-state index is -0.461. The fourth-order valence-corrected chi connectivity index (χ4v) is 3.03. The van der Waals surface area contributed by atoms with Gasteiger partial charge in [0.1, 0.15) is 5.60 Å². The molecule has 1 saturated heterocycles. The van der Waals surface area contributed by atoms with Crippen molar-refractivity contribution < 1.29 is 9.53 Å². The fraction of sp³-hybridized carbons (Fsp3) is 0.611. The zero-order valence-corrected chi connectivity index (χ0v) is 14.7. The minimum Gasteiger partial charge on any atom is -0.444 e. The average molecular weight is 319 g/mol. The van der Waals surface area contributed by atoms with E-state index in [1.807, 2.05) is 43.9 Å². The number of rotatable bonds is 3. The quantitative estimate of drug-likeness (QED) is 0.930. The second-order valence-corrected chi connectivity index (χ2v) is 7.18. The highest BCUT2D eigenvalue weighted by Gasteiger charge is 2.33. The Labute approximate surface area is 139 Å². The standard InChI is InChI=1S/C18H29N3O2/c1-14-13-20(16(12-19)15-8-6-5-7-9-15)10-11-21(14)17(22)23-18(2,3)4/h5-9,14,16H,10-13,19H2,1-4H3/t14-,16+/m1/s1. The maximum absolute atomic E-state index is 12.3. The summed E-state index contributed by atoms with van der Waals surface area (Å²) in [6.45, 7) is 10.6. The highest BCUT2D eigenvalue weighted by atomic mass is 16.6. The van der Waals surface area contributed by atoms with Crippen molar-refractivity contribution in [1.29, 1.82) is 0 Å². The summed E-state index contributed by atoms with van der Waals surface area (Å²) in [5, 5.41) is 0. The number of carbonyl (C=O) groups is 1. The third-order valence-corrected chi connectivity index (χ3v) is 4.14. The average Bonchev–Trinajstić information content (AvgIpc) is 2.47. The molecule has 23 heavy (non-hydrogen) atoms. The molecule has 1 aromatic rings. The van der Waals surface area contributed by atoms with Crippen LogP contribution in [0.2, 0.25) is 0 Å². The zero-order chi connectivity index (χ0) is 17.0. The SMILES string of the molecule is C[C@@H]1CN([C@@H](CN)c2ccccc2)CCN1C(=O)OC(C)(C)C. The van der Waals surface area contributed by atoms with Gasteiger partial charge >= 0.3 is 6.09 Å². The zero-order valence-electron chi connectivity index (χ0n) is 14.7. The van der Waals surface area contributed by atoms with Gasteiger partial charge in [-0.05, 0) is 33.3 Å². The van der Waals surface area contributed by atoms with Gasteiger partial charge in [0.05, 0.1) is 0 Å². The van der Waals surface area contributed by atoms with Crippen molar-refractivity contribution in [2.75, 3.05) is 26.2 Å². The molecule has 5 heteroatoms. The van der Waals surface area contributed by atoms with Gasteiger partial charge < -0.3 is 15.4 Å². The maximum atomic E-state index is 12.3. The minimum absolute atomic E-state index is 0.108. The van der Waals surface area contributed by atoms with Crippen LogP contribution in [-0.2, 0) is 4.74 Å². The lowest BCUT2D eigenvalue weighted by Crippen LogP contribution is -2.56. The molecule has 1 aromatic carbocycles. The number of nitrogens with two attached hydrogens (primary N) is 1. The van der Waals surface area contributed by atoms with Crippen molar-refractivity contribution in [2.45, 2.75) is 45.4 Å². The van der Waals surface area contributed by atoms with Crippen LogP contribution in [0.5, 0.6) is 0 Å². The number of amides is 1. The van der Waals surface area contributed by atoms with Crippen LogP contribution < -0.4 is 5.73 Å². The van der Waals surface area contributed by atoms with E-state index in [0.717, 1.165) is 13.1 Å². The molecular weight excluding hydrogens is 290 g/mol. The number of hydrogen-bond donors (Lipinski definition) is 1. The number of carbonyl (C=O) groups excluding carboxylic acids is 1. The summed E-state index contributed by atoms with van der Waals surface area (Å²) in [6, 6.07) is 10.6. The Kier molecular flexibility index (Phi) is 5.65. The predicted octanol–water partition coefficient (Wildman–Crippen LogP) is 2.63. The van der Waals surface area contributed by atoms with Crippen molar-refractivity contribution in [1.82, 2.24) is 9.80 Å². The van der Waals surface area contributed by atoms with E-state index >= 15 is 0 Å². The normalized spacial score (nSPS) is 21.1. The van der Waals surface area contributed by atoms with Crippen molar-refractivity contribution in [3.05, 3.63) is 35.9 Å². The molecule has 0 aromatic heterocycles. The van der Waals surface area contributed by atoms with E-state index in [1.165, 1.54) is 5.56 Å². The van der Waals surface area contributed by atoms with Crippen LogP contribution >= 0.6 is 0 Å². The van der Waals surface area contributed by atoms with Gasteiger partial charge in [0.15, 0.2) is 0 Å². The van der Waals surface area contributed by atoms with Gasteiger partial charge in [-0.25, -0.2) is 4.79 Å². The second kappa shape index (κ2) is 7.32. The molecule has 128 valence electrons. The Morgan fingerprint density at radius 1 is 1.30 bits per heavy atom. The highest BCUT2D eigenvalue weighted by molar-refractivity contribution is 5.68. The first kappa shape index (κ1) is 17.8. The summed E-state index contributed by atoms with van der Waals surface area (Å²) in [4.78, 5) is 16.5. The molecule has 0 bridgehead atoms. The van der Waals surface area contributed by atoms with Gasteiger partial charge in [0, 0.05) is 38.3 Å². The van der Waals surface area contributed by atoms with Gasteiger partial charge in [-0.15, -0.1) is 0 Å². The number of ether oxygens (including phenoxy) is 1. The van der Waals surface area contributed by atoms with E-state index in [0.29, 0.717) is 13.1 Å². The largest absolute Gasteiger partial charge is 0.444 e. The summed E-state index contributed by atoms with van der Waals surface area (Å²) in [7, 11) is 0. The molecule has 1 aliphatic rings. The third kappa shape index (κ3) is 4.69. The Balaban J connectivity index is 2.01. The summed E-state index contributed by atoms with van der Waals surface area (Å²) in [5.41, 5.74) is 6.78. The molecule has 2 rings (SSSR count). The van der Waals surface area contributed by atoms with E-state index in [4.69, 9.17) is 10.5 Å². The Morgan fingerprint density at radius 3 is 2.48 bits per heavy atom. The van der Waals surface area contributed by atoms with Crippen LogP contribution in [0.1, 0.15) is 39.3 Å². The topological polar surface area (TPSA) is 58.8 Å². The first-order valence-corrected chi connectivity index (χ1v) is 8.30. The Bertz CT molecular complexity index is 513. The van der Waals surface area contributed by atoms with Gasteiger partial charge in [-0.2, -0.15) is 0 Å². The van der Waals surface area contributed by atoms with Crippen molar-refractivity contribution >= 4 is 6.09 Å². The molecule has 0 saturated carbocycles. The van der Waals surface area contributed by atoms with E-state index in [2.05, 4.69) is 24.0 Å². The van der Waals surface area contributed by atoms with Crippen molar-refractivity contribution in [3.63, 3.8) is 0 Å². The molecule has 0 radical (unpaired) electrons. The number of hydrogen-bond acceptors (Lipinski definition) is 4. The third-order valence-electron chi connectivity index (χ3n) is 4.14. The molecule has 2 atom stereocenters. The van der Waals surface area contributed by atoms with Crippen molar-refractivity contribution in [3.8, 4) is 0 Å². The van der Waals surface area contributed by atoms with E-state index in [-0.39, 0.29) is 18.2 Å². The number of piperazine rings is 1. The van der Waals surface area contributed by atoms with E-state index < -0.39 is 5.60 Å². The molecule has 0 spiro atoms. The summed E-state index contributed by atoms with van der Waals surface area (Å²) in [6.07, 6.45) is -0.228. The first-order valence-electron chi connectivity index (χ1n) is 8.30. The van der Waals surface area contributed by atoms with E-state index in [9.17, 15) is 4.79 Å². The van der Waals surface area contributed by atoms with Crippen molar-refractivity contribution in [2.24, 2.45) is 5.73 Å². The van der Waals surface area contributed by atoms with Crippen LogP contribution in [0.25, 0.3) is 0 Å². The molecule has 1 heterocycles. The molecule has 1 amide bonds. The van der Waals surface area contributed by atoms with Gasteiger partial charge in [-0.1, -0.05) is 30.3 Å². The lowest BCUT2D eigenvalue weighted by atomic mass is 10.0. The molecule has 2 N–H and O–H groups in total.